The molecule has 3 aliphatic rings. The van der Waals surface area contributed by atoms with E-state index in [1.807, 2.05) is 6.08 Å². The Kier molecular flexibility index (Phi) is 6.18. The van der Waals surface area contributed by atoms with Crippen molar-refractivity contribution >= 4 is 5.97 Å². The molecule has 0 spiro atoms. The number of unbranched alkanes of at least 4 members (excludes halogenated alkanes) is 3. The zero-order valence-electron chi connectivity index (χ0n) is 15.0. The molecule has 2 N–H and O–H groups in total. The van der Waals surface area contributed by atoms with Gasteiger partial charge in [0.05, 0.1) is 23.9 Å². The summed E-state index contributed by atoms with van der Waals surface area (Å²) in [6.07, 6.45) is 12.8. The molecule has 5 unspecified atom stereocenters. The van der Waals surface area contributed by atoms with Crippen LogP contribution in [-0.2, 0) is 14.3 Å². The minimum atomic E-state index is -0.757. The number of carboxylic acid groups (broad SMARTS) is 1. The van der Waals surface area contributed by atoms with Crippen molar-refractivity contribution in [2.45, 2.75) is 82.7 Å². The maximum absolute atomic E-state index is 10.6. The molecule has 3 aliphatic heterocycles. The molecular formula is C20H30O5. The SMILES string of the molecule is CCCCC[C@H](O)/C=C/C1C2CC3OC(=CCCCC(=O)O)C1C3O2. The molecular weight excluding hydrogens is 320 g/mol. The van der Waals surface area contributed by atoms with Crippen LogP contribution in [0.4, 0.5) is 0 Å². The Morgan fingerprint density at radius 3 is 2.92 bits per heavy atom. The van der Waals surface area contributed by atoms with E-state index in [1.54, 1.807) is 0 Å². The Balaban J connectivity index is 1.57. The quantitative estimate of drug-likeness (QED) is 0.466. The third kappa shape index (κ3) is 4.26. The van der Waals surface area contributed by atoms with Crippen molar-refractivity contribution in [1.82, 2.24) is 0 Å². The molecule has 0 aliphatic carbocycles. The number of hydrogen-bond acceptors (Lipinski definition) is 4. The van der Waals surface area contributed by atoms with Gasteiger partial charge in [-0.15, -0.1) is 0 Å². The highest BCUT2D eigenvalue weighted by atomic mass is 16.6. The molecule has 5 nitrogen and oxygen atoms in total. The zero-order valence-corrected chi connectivity index (χ0v) is 15.0. The maximum atomic E-state index is 10.6. The summed E-state index contributed by atoms with van der Waals surface area (Å²) in [7, 11) is 0. The van der Waals surface area contributed by atoms with Gasteiger partial charge in [-0.05, 0) is 25.3 Å². The lowest BCUT2D eigenvalue weighted by Gasteiger charge is -2.19. The number of allylic oxidation sites excluding steroid dienone is 1. The number of hydrogen-bond donors (Lipinski definition) is 2. The second kappa shape index (κ2) is 8.37. The van der Waals surface area contributed by atoms with Crippen molar-refractivity contribution in [1.29, 1.82) is 0 Å². The molecule has 0 aromatic heterocycles. The van der Waals surface area contributed by atoms with Crippen LogP contribution in [0.1, 0.15) is 58.3 Å². The second-order valence-corrected chi connectivity index (χ2v) is 7.47. The predicted molar refractivity (Wildman–Crippen MR) is 94.0 cm³/mol. The molecule has 2 bridgehead atoms. The molecule has 25 heavy (non-hydrogen) atoms. The number of carboxylic acids is 1. The van der Waals surface area contributed by atoms with Gasteiger partial charge < -0.3 is 19.7 Å². The molecule has 0 saturated carbocycles. The fraction of sp³-hybridized carbons (Fsp3) is 0.750. The summed E-state index contributed by atoms with van der Waals surface area (Å²) >= 11 is 0. The molecule has 0 aromatic carbocycles. The van der Waals surface area contributed by atoms with Crippen LogP contribution in [0.25, 0.3) is 0 Å². The summed E-state index contributed by atoms with van der Waals surface area (Å²) in [5.41, 5.74) is 0. The Labute approximate surface area is 149 Å². The summed E-state index contributed by atoms with van der Waals surface area (Å²) in [5, 5.41) is 18.9. The van der Waals surface area contributed by atoms with E-state index in [4.69, 9.17) is 14.6 Å². The highest BCUT2D eigenvalue weighted by Crippen LogP contribution is 2.54. The van der Waals surface area contributed by atoms with Crippen LogP contribution in [0, 0.1) is 11.8 Å². The van der Waals surface area contributed by atoms with Crippen LogP contribution in [0.2, 0.25) is 0 Å². The lowest BCUT2D eigenvalue weighted by Crippen LogP contribution is -2.28. The van der Waals surface area contributed by atoms with Crippen molar-refractivity contribution < 1.29 is 24.5 Å². The summed E-state index contributed by atoms with van der Waals surface area (Å²) in [5.74, 6) is 0.700. The van der Waals surface area contributed by atoms with E-state index < -0.39 is 5.97 Å². The summed E-state index contributed by atoms with van der Waals surface area (Å²) in [4.78, 5) is 10.6. The first-order chi connectivity index (χ1) is 12.1. The number of aliphatic hydroxyl groups is 1. The topological polar surface area (TPSA) is 76.0 Å². The molecule has 0 amide bonds. The predicted octanol–water partition coefficient (Wildman–Crippen LogP) is 3.42. The van der Waals surface area contributed by atoms with Crippen molar-refractivity contribution in [3.63, 3.8) is 0 Å². The van der Waals surface area contributed by atoms with E-state index in [2.05, 4.69) is 19.1 Å². The van der Waals surface area contributed by atoms with Gasteiger partial charge in [0.25, 0.3) is 0 Å². The van der Waals surface area contributed by atoms with E-state index >= 15 is 0 Å². The molecule has 140 valence electrons. The minimum absolute atomic E-state index is 0.127. The van der Waals surface area contributed by atoms with Crippen molar-refractivity contribution in [3.8, 4) is 0 Å². The summed E-state index contributed by atoms with van der Waals surface area (Å²) in [6.45, 7) is 2.16. The van der Waals surface area contributed by atoms with Crippen molar-refractivity contribution in [2.24, 2.45) is 11.8 Å². The molecule has 3 heterocycles. The van der Waals surface area contributed by atoms with Crippen LogP contribution < -0.4 is 0 Å². The van der Waals surface area contributed by atoms with Gasteiger partial charge >= 0.3 is 5.97 Å². The fourth-order valence-corrected chi connectivity index (χ4v) is 4.32. The fourth-order valence-electron chi connectivity index (χ4n) is 4.32. The molecule has 0 aromatic rings. The number of ether oxygens (including phenoxy) is 2. The highest BCUT2D eigenvalue weighted by molar-refractivity contribution is 5.66. The van der Waals surface area contributed by atoms with Gasteiger partial charge in [0, 0.05) is 18.8 Å². The van der Waals surface area contributed by atoms with E-state index in [0.717, 1.165) is 44.3 Å². The van der Waals surface area contributed by atoms with Crippen LogP contribution in [0.3, 0.4) is 0 Å². The number of carbonyl (C=O) groups is 1. The summed E-state index contributed by atoms with van der Waals surface area (Å²) in [6, 6.07) is 0. The van der Waals surface area contributed by atoms with Gasteiger partial charge in [-0.1, -0.05) is 38.3 Å². The zero-order chi connectivity index (χ0) is 17.8. The maximum Gasteiger partial charge on any atom is 0.303 e. The van der Waals surface area contributed by atoms with Gasteiger partial charge in [0.2, 0.25) is 0 Å². The Bertz CT molecular complexity index is 524. The number of rotatable bonds is 10. The molecule has 0 radical (unpaired) electrons. The van der Waals surface area contributed by atoms with E-state index in [1.165, 1.54) is 0 Å². The third-order valence-electron chi connectivity index (χ3n) is 5.58. The summed E-state index contributed by atoms with van der Waals surface area (Å²) < 4.78 is 12.1. The molecule has 3 saturated heterocycles. The van der Waals surface area contributed by atoms with E-state index in [9.17, 15) is 9.90 Å². The van der Waals surface area contributed by atoms with E-state index in [0.29, 0.717) is 6.42 Å². The van der Waals surface area contributed by atoms with Gasteiger partial charge in [-0.3, -0.25) is 4.79 Å². The van der Waals surface area contributed by atoms with Crippen LogP contribution in [0.5, 0.6) is 0 Å². The lowest BCUT2D eigenvalue weighted by atomic mass is 9.78. The highest BCUT2D eigenvalue weighted by Gasteiger charge is 2.60. The first kappa shape index (κ1) is 18.5. The van der Waals surface area contributed by atoms with Gasteiger partial charge in [0.1, 0.15) is 12.2 Å². The lowest BCUT2D eigenvalue weighted by molar-refractivity contribution is -0.137. The second-order valence-electron chi connectivity index (χ2n) is 7.47. The molecule has 5 heteroatoms. The van der Waals surface area contributed by atoms with Crippen LogP contribution in [0.15, 0.2) is 24.0 Å². The minimum Gasteiger partial charge on any atom is -0.492 e. The van der Waals surface area contributed by atoms with Crippen molar-refractivity contribution in [2.75, 3.05) is 0 Å². The van der Waals surface area contributed by atoms with Crippen LogP contribution >= 0.6 is 0 Å². The average molecular weight is 350 g/mol. The average Bonchev–Trinajstić information content (AvgIpc) is 3.18. The Morgan fingerprint density at radius 1 is 1.32 bits per heavy atom. The van der Waals surface area contributed by atoms with Gasteiger partial charge in [0.15, 0.2) is 0 Å². The number of aliphatic hydroxyl groups excluding tert-OH is 1. The normalized spacial score (nSPS) is 35.6. The third-order valence-corrected chi connectivity index (χ3v) is 5.58. The van der Waals surface area contributed by atoms with Gasteiger partial charge in [-0.25, -0.2) is 0 Å². The standard InChI is InChI=1S/C20H30O5/c1-2-3-4-7-13(21)10-11-14-16-12-17-20(25-16)19(14)15(24-17)8-5-6-9-18(22)23/h8,10-11,13-14,16-17,19-21H,2-7,9,12H2,1H3,(H,22,23)/b11-10+,15-8?/t13-,14?,16?,17?,19?,20?/m0/s1. The molecule has 3 rings (SSSR count). The molecule has 6 atom stereocenters. The first-order valence-corrected chi connectivity index (χ1v) is 9.70. The van der Waals surface area contributed by atoms with Crippen LogP contribution in [-0.4, -0.2) is 40.6 Å². The van der Waals surface area contributed by atoms with Crippen molar-refractivity contribution in [3.05, 3.63) is 24.0 Å². The smallest absolute Gasteiger partial charge is 0.303 e. The largest absolute Gasteiger partial charge is 0.492 e. The molecule has 3 fully saturated rings. The Morgan fingerprint density at radius 2 is 2.16 bits per heavy atom. The van der Waals surface area contributed by atoms with E-state index in [-0.39, 0.29) is 42.7 Å². The first-order valence-electron chi connectivity index (χ1n) is 9.70. The number of aliphatic carboxylic acids is 1. The number of fused-ring (bicyclic) bond motifs is 1. The van der Waals surface area contributed by atoms with Gasteiger partial charge in [-0.2, -0.15) is 0 Å². The monoisotopic (exact) mass is 350 g/mol. The Hall–Kier alpha value is -1.33.